The van der Waals surface area contributed by atoms with Gasteiger partial charge >= 0.3 is 0 Å². The van der Waals surface area contributed by atoms with Crippen molar-refractivity contribution in [2.75, 3.05) is 23.4 Å². The molecule has 2 amide bonds. The first kappa shape index (κ1) is 24.3. The molecule has 0 radical (unpaired) electrons. The summed E-state index contributed by atoms with van der Waals surface area (Å²) in [6.45, 7) is 8.96. The van der Waals surface area contributed by atoms with E-state index in [9.17, 15) is 9.59 Å². The first-order valence-corrected chi connectivity index (χ1v) is 12.0. The van der Waals surface area contributed by atoms with Gasteiger partial charge in [-0.3, -0.25) is 9.59 Å². The zero-order valence-electron chi connectivity index (χ0n) is 20.7. The zero-order valence-corrected chi connectivity index (χ0v) is 20.7. The van der Waals surface area contributed by atoms with Gasteiger partial charge in [0.05, 0.1) is 16.7 Å². The van der Waals surface area contributed by atoms with E-state index in [-0.39, 0.29) is 18.4 Å². The Balaban J connectivity index is 1.58. The molecule has 1 aliphatic heterocycles. The third kappa shape index (κ3) is 5.65. The number of nitrogens with one attached hydrogen (secondary N) is 1. The van der Waals surface area contributed by atoms with E-state index in [4.69, 9.17) is 9.47 Å². The van der Waals surface area contributed by atoms with Gasteiger partial charge in [-0.2, -0.15) is 0 Å². The summed E-state index contributed by atoms with van der Waals surface area (Å²) >= 11 is 0. The number of carbonyl (C=O) groups excluding carboxylic acids is 2. The number of amides is 2. The van der Waals surface area contributed by atoms with Crippen LogP contribution in [0, 0.1) is 11.3 Å². The van der Waals surface area contributed by atoms with Crippen LogP contribution < -0.4 is 19.7 Å². The predicted molar refractivity (Wildman–Crippen MR) is 138 cm³/mol. The molecule has 6 nitrogen and oxygen atoms in total. The van der Waals surface area contributed by atoms with Crippen LogP contribution in [0.2, 0.25) is 0 Å². The van der Waals surface area contributed by atoms with Gasteiger partial charge in [-0.05, 0) is 62.6 Å². The van der Waals surface area contributed by atoms with E-state index in [2.05, 4.69) is 19.2 Å². The number of anilines is 2. The van der Waals surface area contributed by atoms with Gasteiger partial charge in [-0.25, -0.2) is 0 Å². The molecule has 6 heteroatoms. The van der Waals surface area contributed by atoms with Crippen molar-refractivity contribution >= 4 is 23.2 Å². The maximum Gasteiger partial charge on any atom is 0.259 e. The third-order valence-electron chi connectivity index (χ3n) is 5.95. The van der Waals surface area contributed by atoms with Crippen molar-refractivity contribution in [3.63, 3.8) is 0 Å². The molecule has 0 unspecified atom stereocenters. The number of nitrogens with zero attached hydrogens (tertiary/aromatic N) is 1. The lowest BCUT2D eigenvalue weighted by Crippen LogP contribution is -2.42. The van der Waals surface area contributed by atoms with Crippen LogP contribution in [0.1, 0.15) is 44.5 Å². The Morgan fingerprint density at radius 3 is 2.51 bits per heavy atom. The van der Waals surface area contributed by atoms with Gasteiger partial charge < -0.3 is 19.7 Å². The quantitative estimate of drug-likeness (QED) is 0.425. The van der Waals surface area contributed by atoms with Crippen LogP contribution in [0.5, 0.6) is 17.2 Å². The molecule has 0 bridgehead atoms. The maximum absolute atomic E-state index is 13.2. The lowest BCUT2D eigenvalue weighted by Gasteiger charge is -2.28. The fourth-order valence-corrected chi connectivity index (χ4v) is 3.89. The first-order chi connectivity index (χ1) is 16.7. The monoisotopic (exact) mass is 472 g/mol. The molecule has 1 heterocycles. The first-order valence-electron chi connectivity index (χ1n) is 12.0. The molecule has 0 atom stereocenters. The highest BCUT2D eigenvalue weighted by atomic mass is 16.5. The number of carbonyl (C=O) groups is 2. The molecule has 0 saturated carbocycles. The van der Waals surface area contributed by atoms with Gasteiger partial charge in [0, 0.05) is 18.3 Å². The molecule has 0 aromatic heterocycles. The number of rotatable bonds is 7. The Kier molecular flexibility index (Phi) is 7.10. The minimum atomic E-state index is -0.646. The summed E-state index contributed by atoms with van der Waals surface area (Å²) in [5, 5.41) is 2.95. The summed E-state index contributed by atoms with van der Waals surface area (Å²) < 4.78 is 12.0. The van der Waals surface area contributed by atoms with E-state index in [0.717, 1.165) is 12.1 Å². The smallest absolute Gasteiger partial charge is 0.259 e. The Morgan fingerprint density at radius 2 is 1.77 bits per heavy atom. The molecule has 0 spiro atoms. The Morgan fingerprint density at radius 1 is 1.06 bits per heavy atom. The number of benzene rings is 3. The Hall–Kier alpha value is -3.80. The molecule has 0 saturated heterocycles. The van der Waals surface area contributed by atoms with Crippen molar-refractivity contribution in [3.05, 3.63) is 78.4 Å². The van der Waals surface area contributed by atoms with Crippen molar-refractivity contribution in [1.82, 2.24) is 0 Å². The number of fused-ring (bicyclic) bond motifs is 1. The second kappa shape index (κ2) is 10.2. The fourth-order valence-electron chi connectivity index (χ4n) is 3.89. The second-order valence-corrected chi connectivity index (χ2v) is 9.86. The van der Waals surface area contributed by atoms with Crippen LogP contribution in [0.3, 0.4) is 0 Å². The minimum Gasteiger partial charge on any atom is -0.490 e. The molecular weight excluding hydrogens is 440 g/mol. The van der Waals surface area contributed by atoms with Gasteiger partial charge in [0.2, 0.25) is 5.91 Å². The summed E-state index contributed by atoms with van der Waals surface area (Å²) in [4.78, 5) is 28.2. The van der Waals surface area contributed by atoms with E-state index in [1.165, 1.54) is 0 Å². The van der Waals surface area contributed by atoms with Crippen LogP contribution in [-0.4, -0.2) is 25.0 Å². The van der Waals surface area contributed by atoms with Crippen molar-refractivity contribution in [2.45, 2.75) is 34.1 Å². The maximum atomic E-state index is 13.2. The van der Waals surface area contributed by atoms with Gasteiger partial charge in [-0.15, -0.1) is 0 Å². The molecule has 182 valence electrons. The van der Waals surface area contributed by atoms with Gasteiger partial charge in [-0.1, -0.05) is 44.2 Å². The van der Waals surface area contributed by atoms with Gasteiger partial charge in [0.15, 0.2) is 0 Å². The highest BCUT2D eigenvalue weighted by Crippen LogP contribution is 2.38. The van der Waals surface area contributed by atoms with Crippen LogP contribution >= 0.6 is 0 Å². The van der Waals surface area contributed by atoms with Crippen molar-refractivity contribution in [2.24, 2.45) is 11.3 Å². The molecule has 1 aliphatic rings. The topological polar surface area (TPSA) is 67.9 Å². The van der Waals surface area contributed by atoms with E-state index in [0.29, 0.717) is 41.0 Å². The number of hydrogen-bond donors (Lipinski definition) is 1. The molecular formula is C29H32N2O4. The van der Waals surface area contributed by atoms with Crippen molar-refractivity contribution in [1.29, 1.82) is 0 Å². The average molecular weight is 473 g/mol. The van der Waals surface area contributed by atoms with Crippen molar-refractivity contribution in [3.8, 4) is 17.2 Å². The number of para-hydroxylation sites is 2. The molecule has 0 fully saturated rings. The van der Waals surface area contributed by atoms with E-state index >= 15 is 0 Å². The van der Waals surface area contributed by atoms with Crippen molar-refractivity contribution < 1.29 is 19.1 Å². The molecule has 1 N–H and O–H groups in total. The highest BCUT2D eigenvalue weighted by Gasteiger charge is 2.37. The summed E-state index contributed by atoms with van der Waals surface area (Å²) in [6.07, 6.45) is 0.887. The third-order valence-corrected chi connectivity index (χ3v) is 5.95. The van der Waals surface area contributed by atoms with Crippen LogP contribution in [0.15, 0.2) is 72.8 Å². The van der Waals surface area contributed by atoms with E-state index in [1.54, 1.807) is 30.3 Å². The Bertz CT molecular complexity index is 1200. The molecule has 3 aromatic rings. The summed E-state index contributed by atoms with van der Waals surface area (Å²) in [5.74, 6) is 1.92. The van der Waals surface area contributed by atoms with Crippen LogP contribution in [0.4, 0.5) is 11.4 Å². The van der Waals surface area contributed by atoms with Crippen LogP contribution in [-0.2, 0) is 4.79 Å². The lowest BCUT2D eigenvalue weighted by atomic mass is 9.92. The predicted octanol–water partition coefficient (Wildman–Crippen LogP) is 6.53. The van der Waals surface area contributed by atoms with Gasteiger partial charge in [0.25, 0.3) is 5.91 Å². The normalized spacial score (nSPS) is 14.7. The molecule has 0 aliphatic carbocycles. The molecule has 3 aromatic carbocycles. The summed E-state index contributed by atoms with van der Waals surface area (Å²) in [5.41, 5.74) is 1.08. The largest absolute Gasteiger partial charge is 0.490 e. The highest BCUT2D eigenvalue weighted by molar-refractivity contribution is 6.07. The fraction of sp³-hybridized carbons (Fsp3) is 0.310. The minimum absolute atomic E-state index is 0.0423. The van der Waals surface area contributed by atoms with Gasteiger partial charge in [0.1, 0.15) is 23.9 Å². The summed E-state index contributed by atoms with van der Waals surface area (Å²) in [7, 11) is 0. The van der Waals surface area contributed by atoms with E-state index < -0.39 is 5.41 Å². The average Bonchev–Trinajstić information content (AvgIpc) is 2.93. The molecule has 35 heavy (non-hydrogen) atoms. The lowest BCUT2D eigenvalue weighted by molar-refractivity contribution is -0.127. The SMILES string of the molecule is CC(C)CCN1C(=O)C(C)(C)COc2cc(NC(=O)c3ccccc3Oc3ccccc3)ccc21. The second-order valence-electron chi connectivity index (χ2n) is 9.86. The number of hydrogen-bond acceptors (Lipinski definition) is 4. The van der Waals surface area contributed by atoms with Crippen LogP contribution in [0.25, 0.3) is 0 Å². The summed E-state index contributed by atoms with van der Waals surface area (Å²) in [6, 6.07) is 21.9. The van der Waals surface area contributed by atoms with E-state index in [1.807, 2.05) is 61.2 Å². The zero-order chi connectivity index (χ0) is 25.0. The Labute approximate surface area is 206 Å². The number of ether oxygens (including phenoxy) is 2. The standard InChI is InChI=1S/C29H32N2O4/c1-20(2)16-17-31-24-15-14-21(18-26(24)34-19-29(3,4)28(31)33)30-27(32)23-12-8-9-13-25(23)35-22-10-6-5-7-11-22/h5-15,18,20H,16-17,19H2,1-4H3,(H,30,32). The molecule has 4 rings (SSSR count).